The highest BCUT2D eigenvalue weighted by atomic mass is 32.2. The van der Waals surface area contributed by atoms with Crippen LogP contribution in [0.25, 0.3) is 0 Å². The Labute approximate surface area is 181 Å². The molecule has 31 heavy (non-hydrogen) atoms. The van der Waals surface area contributed by atoms with Gasteiger partial charge in [0.2, 0.25) is 0 Å². The largest absolute Gasteiger partial charge is 0.384 e. The Morgan fingerprint density at radius 1 is 1.03 bits per heavy atom. The molecule has 1 atom stereocenters. The molecule has 0 aliphatic carbocycles. The van der Waals surface area contributed by atoms with Gasteiger partial charge in [0.05, 0.1) is 16.3 Å². The highest BCUT2D eigenvalue weighted by molar-refractivity contribution is 7.92. The van der Waals surface area contributed by atoms with E-state index in [0.717, 1.165) is 17.0 Å². The van der Waals surface area contributed by atoms with Crippen molar-refractivity contribution in [2.24, 2.45) is 11.0 Å². The second-order valence-electron chi connectivity index (χ2n) is 7.28. The molecule has 0 amide bonds. The maximum Gasteiger partial charge on any atom is 0.264 e. The lowest BCUT2D eigenvalue weighted by atomic mass is 9.97. The average Bonchev–Trinajstić information content (AvgIpc) is 3.27. The molecule has 4 rings (SSSR count). The quantitative estimate of drug-likeness (QED) is 0.590. The van der Waals surface area contributed by atoms with Crippen LogP contribution in [0.1, 0.15) is 5.56 Å². The van der Waals surface area contributed by atoms with Gasteiger partial charge in [-0.1, -0.05) is 30.3 Å². The molecule has 0 radical (unpaired) electrons. The van der Waals surface area contributed by atoms with Gasteiger partial charge in [-0.2, -0.15) is 5.10 Å². The number of para-hydroxylation sites is 1. The molecular weight excluding hydrogens is 415 g/mol. The number of hydrogen-bond donors (Lipinski definition) is 2. The SMILES string of the molecule is CN(c1ccccc1)S(=O)(=O)c1ccc(NCC2CNN=C2c2ccc(F)cc2)cc1. The van der Waals surface area contributed by atoms with Gasteiger partial charge in [-0.25, -0.2) is 12.8 Å². The van der Waals surface area contributed by atoms with E-state index in [4.69, 9.17) is 0 Å². The van der Waals surface area contributed by atoms with Crippen LogP contribution in [0, 0.1) is 11.7 Å². The molecule has 1 aliphatic heterocycles. The topological polar surface area (TPSA) is 73.8 Å². The van der Waals surface area contributed by atoms with E-state index < -0.39 is 10.0 Å². The Bertz CT molecular complexity index is 1160. The number of hydrogen-bond acceptors (Lipinski definition) is 5. The molecule has 0 saturated carbocycles. The summed E-state index contributed by atoms with van der Waals surface area (Å²) < 4.78 is 40.2. The molecule has 1 aliphatic rings. The summed E-state index contributed by atoms with van der Waals surface area (Å²) in [7, 11) is -2.10. The third-order valence-corrected chi connectivity index (χ3v) is 7.05. The zero-order chi connectivity index (χ0) is 21.8. The van der Waals surface area contributed by atoms with Gasteiger partial charge >= 0.3 is 0 Å². The number of nitrogens with zero attached hydrogens (tertiary/aromatic N) is 2. The molecule has 8 heteroatoms. The monoisotopic (exact) mass is 438 g/mol. The zero-order valence-corrected chi connectivity index (χ0v) is 17.8. The standard InChI is InChI=1S/C23H23FN4O2S/c1-28(21-5-3-2-4-6-21)31(29,30)22-13-11-20(12-14-22)25-15-18-16-26-27-23(18)17-7-9-19(24)10-8-17/h2-14,18,25-26H,15-16H2,1H3. The van der Waals surface area contributed by atoms with Crippen LogP contribution < -0.4 is 15.0 Å². The summed E-state index contributed by atoms with van der Waals surface area (Å²) in [6.45, 7) is 1.28. The highest BCUT2D eigenvalue weighted by Crippen LogP contribution is 2.23. The summed E-state index contributed by atoms with van der Waals surface area (Å²) in [6.07, 6.45) is 0. The lowest BCUT2D eigenvalue weighted by Gasteiger charge is -2.20. The van der Waals surface area contributed by atoms with Crippen LogP contribution in [0.4, 0.5) is 15.8 Å². The summed E-state index contributed by atoms with van der Waals surface area (Å²) in [5, 5.41) is 7.68. The van der Waals surface area contributed by atoms with Crippen LogP contribution in [0.2, 0.25) is 0 Å². The molecular formula is C23H23FN4O2S. The van der Waals surface area contributed by atoms with Crippen LogP contribution in [-0.2, 0) is 10.0 Å². The summed E-state index contributed by atoms with van der Waals surface area (Å²) in [5.41, 5.74) is 6.16. The lowest BCUT2D eigenvalue weighted by molar-refractivity contribution is 0.594. The van der Waals surface area contributed by atoms with E-state index in [1.165, 1.54) is 16.4 Å². The van der Waals surface area contributed by atoms with Crippen LogP contribution in [0.3, 0.4) is 0 Å². The minimum Gasteiger partial charge on any atom is -0.384 e. The van der Waals surface area contributed by atoms with E-state index in [0.29, 0.717) is 18.8 Å². The number of rotatable bonds is 7. The van der Waals surface area contributed by atoms with Crippen molar-refractivity contribution in [2.45, 2.75) is 4.90 Å². The number of anilines is 2. The van der Waals surface area contributed by atoms with Gasteiger partial charge in [-0.15, -0.1) is 0 Å². The van der Waals surface area contributed by atoms with Crippen molar-refractivity contribution < 1.29 is 12.8 Å². The van der Waals surface area contributed by atoms with Crippen LogP contribution in [-0.4, -0.2) is 34.3 Å². The number of halogens is 1. The highest BCUT2D eigenvalue weighted by Gasteiger charge is 2.23. The summed E-state index contributed by atoms with van der Waals surface area (Å²) in [6, 6.07) is 21.9. The molecule has 3 aromatic carbocycles. The summed E-state index contributed by atoms with van der Waals surface area (Å²) >= 11 is 0. The first kappa shape index (κ1) is 20.9. The maximum atomic E-state index is 13.2. The van der Waals surface area contributed by atoms with Crippen molar-refractivity contribution in [3.63, 3.8) is 0 Å². The average molecular weight is 439 g/mol. The predicted octanol–water partition coefficient (Wildman–Crippen LogP) is 3.69. The molecule has 0 bridgehead atoms. The Morgan fingerprint density at radius 3 is 2.39 bits per heavy atom. The molecule has 3 aromatic rings. The van der Waals surface area contributed by atoms with Gasteiger partial charge in [-0.3, -0.25) is 4.31 Å². The van der Waals surface area contributed by atoms with Gasteiger partial charge < -0.3 is 10.7 Å². The first-order valence-electron chi connectivity index (χ1n) is 9.89. The predicted molar refractivity (Wildman–Crippen MR) is 121 cm³/mol. The fraction of sp³-hybridized carbons (Fsp3) is 0.174. The molecule has 0 fully saturated rings. The third kappa shape index (κ3) is 4.54. The van der Waals surface area contributed by atoms with Crippen LogP contribution in [0.15, 0.2) is 88.9 Å². The van der Waals surface area contributed by atoms with Gasteiger partial charge in [0.1, 0.15) is 5.82 Å². The fourth-order valence-corrected chi connectivity index (χ4v) is 4.63. The Hall–Kier alpha value is -3.39. The molecule has 6 nitrogen and oxygen atoms in total. The van der Waals surface area contributed by atoms with E-state index in [9.17, 15) is 12.8 Å². The molecule has 1 heterocycles. The smallest absolute Gasteiger partial charge is 0.264 e. The van der Waals surface area contributed by atoms with E-state index in [1.54, 1.807) is 67.7 Å². The first-order chi connectivity index (χ1) is 14.9. The van der Waals surface area contributed by atoms with Gasteiger partial charge in [0, 0.05) is 31.7 Å². The van der Waals surface area contributed by atoms with Gasteiger partial charge in [0.25, 0.3) is 10.0 Å². The van der Waals surface area contributed by atoms with E-state index >= 15 is 0 Å². The number of nitrogens with one attached hydrogen (secondary N) is 2. The third-order valence-electron chi connectivity index (χ3n) is 5.25. The Balaban J connectivity index is 1.42. The zero-order valence-electron chi connectivity index (χ0n) is 17.0. The Morgan fingerprint density at radius 2 is 1.71 bits per heavy atom. The van der Waals surface area contributed by atoms with Crippen molar-refractivity contribution >= 4 is 27.1 Å². The van der Waals surface area contributed by atoms with Gasteiger partial charge in [-0.05, 0) is 54.1 Å². The van der Waals surface area contributed by atoms with Crippen molar-refractivity contribution in [2.75, 3.05) is 29.8 Å². The second-order valence-corrected chi connectivity index (χ2v) is 9.25. The molecule has 1 unspecified atom stereocenters. The second kappa shape index (κ2) is 8.77. The molecule has 0 saturated heterocycles. The summed E-state index contributed by atoms with van der Waals surface area (Å²) in [5.74, 6) is -0.170. The van der Waals surface area contributed by atoms with Crippen molar-refractivity contribution in [3.8, 4) is 0 Å². The van der Waals surface area contributed by atoms with E-state index in [2.05, 4.69) is 15.8 Å². The molecule has 160 valence electrons. The van der Waals surface area contributed by atoms with E-state index in [-0.39, 0.29) is 16.6 Å². The maximum absolute atomic E-state index is 13.2. The molecule has 2 N–H and O–H groups in total. The van der Waals surface area contributed by atoms with Crippen molar-refractivity contribution in [1.82, 2.24) is 5.43 Å². The number of benzene rings is 3. The lowest BCUT2D eigenvalue weighted by Crippen LogP contribution is -2.26. The first-order valence-corrected chi connectivity index (χ1v) is 11.3. The van der Waals surface area contributed by atoms with Gasteiger partial charge in [0.15, 0.2) is 0 Å². The van der Waals surface area contributed by atoms with Crippen molar-refractivity contribution in [1.29, 1.82) is 0 Å². The molecule has 0 aromatic heterocycles. The van der Waals surface area contributed by atoms with Crippen LogP contribution >= 0.6 is 0 Å². The normalized spacial score (nSPS) is 15.8. The molecule has 0 spiro atoms. The number of sulfonamides is 1. The van der Waals surface area contributed by atoms with Crippen molar-refractivity contribution in [3.05, 3.63) is 90.2 Å². The van der Waals surface area contributed by atoms with E-state index in [1.807, 2.05) is 6.07 Å². The fourth-order valence-electron chi connectivity index (χ4n) is 3.44. The minimum absolute atomic E-state index is 0.109. The number of hydrazone groups is 1. The Kier molecular flexibility index (Phi) is 5.90. The summed E-state index contributed by atoms with van der Waals surface area (Å²) in [4.78, 5) is 0.223. The minimum atomic E-state index is -3.64. The van der Waals surface area contributed by atoms with Crippen LogP contribution in [0.5, 0.6) is 0 Å².